The van der Waals surface area contributed by atoms with E-state index in [2.05, 4.69) is 21.1 Å². The van der Waals surface area contributed by atoms with E-state index in [1.807, 2.05) is 30.3 Å². The van der Waals surface area contributed by atoms with E-state index in [9.17, 15) is 13.2 Å². The third kappa shape index (κ3) is 3.69. The number of aromatic nitrogens is 1. The highest BCUT2D eigenvalue weighted by Crippen LogP contribution is 2.38. The van der Waals surface area contributed by atoms with Crippen molar-refractivity contribution in [2.24, 2.45) is 0 Å². The number of hydrogen-bond acceptors (Lipinski definition) is 3. The second kappa shape index (κ2) is 7.47. The standard InChI is InChI=1S/C23H25N3O3S/c27-23(25-22-19-8-3-6-15(19)13-16-7-4-9-20(16)22)26-30(28,29)12-11-18-14-17-5-1-2-10-21(17)24-18/h1-2,5,10,13-14,24H,3-4,6-9,11-12H2,(H2,25,26,27). The molecule has 2 aromatic carbocycles. The molecule has 0 radical (unpaired) electrons. The van der Waals surface area contributed by atoms with Crippen molar-refractivity contribution < 1.29 is 13.2 Å². The van der Waals surface area contributed by atoms with Gasteiger partial charge in [-0.1, -0.05) is 24.3 Å². The average Bonchev–Trinajstić information content (AvgIpc) is 3.44. The van der Waals surface area contributed by atoms with Crippen LogP contribution in [0.1, 0.15) is 40.8 Å². The van der Waals surface area contributed by atoms with Crippen molar-refractivity contribution in [2.75, 3.05) is 11.1 Å². The molecule has 3 aromatic rings. The van der Waals surface area contributed by atoms with Gasteiger partial charge in [-0.15, -0.1) is 0 Å². The lowest BCUT2D eigenvalue weighted by atomic mass is 9.99. The van der Waals surface area contributed by atoms with Crippen LogP contribution in [0.5, 0.6) is 0 Å². The van der Waals surface area contributed by atoms with E-state index >= 15 is 0 Å². The molecule has 2 aliphatic carbocycles. The van der Waals surface area contributed by atoms with Crippen molar-refractivity contribution in [3.05, 3.63) is 64.3 Å². The van der Waals surface area contributed by atoms with Crippen molar-refractivity contribution in [1.82, 2.24) is 9.71 Å². The molecule has 1 heterocycles. The van der Waals surface area contributed by atoms with E-state index in [1.54, 1.807) is 0 Å². The Bertz CT molecular complexity index is 1180. The van der Waals surface area contributed by atoms with Crippen molar-refractivity contribution in [3.63, 3.8) is 0 Å². The van der Waals surface area contributed by atoms with Crippen molar-refractivity contribution in [1.29, 1.82) is 0 Å². The highest BCUT2D eigenvalue weighted by molar-refractivity contribution is 7.90. The van der Waals surface area contributed by atoms with E-state index in [0.717, 1.165) is 60.8 Å². The SMILES string of the molecule is O=C(Nc1c2c(cc3c1CCC3)CCC2)NS(=O)(=O)CCc1cc2ccccc2[nH]1. The summed E-state index contributed by atoms with van der Waals surface area (Å²) in [5.41, 5.74) is 7.62. The monoisotopic (exact) mass is 423 g/mol. The first-order chi connectivity index (χ1) is 14.5. The van der Waals surface area contributed by atoms with Gasteiger partial charge in [-0.2, -0.15) is 0 Å². The van der Waals surface area contributed by atoms with Gasteiger partial charge in [0.15, 0.2) is 0 Å². The maximum absolute atomic E-state index is 12.6. The summed E-state index contributed by atoms with van der Waals surface area (Å²) >= 11 is 0. The third-order valence-corrected chi connectivity index (χ3v) is 7.42. The van der Waals surface area contributed by atoms with E-state index in [4.69, 9.17) is 0 Å². The minimum Gasteiger partial charge on any atom is -0.358 e. The molecular weight excluding hydrogens is 398 g/mol. The van der Waals surface area contributed by atoms with Crippen molar-refractivity contribution in [3.8, 4) is 0 Å². The van der Waals surface area contributed by atoms with Crippen LogP contribution in [-0.4, -0.2) is 25.2 Å². The number of para-hydroxylation sites is 1. The van der Waals surface area contributed by atoms with E-state index in [1.165, 1.54) is 22.3 Å². The number of carbonyl (C=O) groups excluding carboxylic acids is 1. The molecule has 0 spiro atoms. The predicted octanol–water partition coefficient (Wildman–Crippen LogP) is 3.84. The van der Waals surface area contributed by atoms with E-state index < -0.39 is 16.1 Å². The lowest BCUT2D eigenvalue weighted by Crippen LogP contribution is -2.36. The molecule has 6 nitrogen and oxygen atoms in total. The molecule has 0 saturated carbocycles. The van der Waals surface area contributed by atoms with Crippen LogP contribution < -0.4 is 10.0 Å². The van der Waals surface area contributed by atoms with E-state index in [0.29, 0.717) is 6.42 Å². The number of aryl methyl sites for hydroxylation is 3. The van der Waals surface area contributed by atoms with Gasteiger partial charge in [0, 0.05) is 23.3 Å². The van der Waals surface area contributed by atoms with Crippen LogP contribution in [0.25, 0.3) is 10.9 Å². The molecule has 1 aromatic heterocycles. The molecule has 7 heteroatoms. The summed E-state index contributed by atoms with van der Waals surface area (Å²) in [6, 6.07) is 11.4. The molecule has 0 bridgehead atoms. The number of nitrogens with one attached hydrogen (secondary N) is 3. The first-order valence-corrected chi connectivity index (χ1v) is 12.2. The topological polar surface area (TPSA) is 91.1 Å². The van der Waals surface area contributed by atoms with Gasteiger partial charge in [-0.25, -0.2) is 17.9 Å². The van der Waals surface area contributed by atoms with Gasteiger partial charge in [0.1, 0.15) is 0 Å². The lowest BCUT2D eigenvalue weighted by molar-refractivity contribution is 0.256. The Morgan fingerprint density at radius 2 is 1.67 bits per heavy atom. The van der Waals surface area contributed by atoms with Gasteiger partial charge >= 0.3 is 6.03 Å². The normalized spacial score (nSPS) is 15.2. The Balaban J connectivity index is 1.27. The highest BCUT2D eigenvalue weighted by atomic mass is 32.2. The van der Waals surface area contributed by atoms with Crippen LogP contribution in [0.3, 0.4) is 0 Å². The first kappa shape index (κ1) is 19.2. The summed E-state index contributed by atoms with van der Waals surface area (Å²) in [4.78, 5) is 15.8. The fraction of sp³-hybridized carbons (Fsp3) is 0.348. The minimum atomic E-state index is -3.75. The number of carbonyl (C=O) groups is 1. The number of H-pyrrole nitrogens is 1. The fourth-order valence-corrected chi connectivity index (χ4v) is 5.74. The zero-order valence-corrected chi connectivity index (χ0v) is 17.6. The summed E-state index contributed by atoms with van der Waals surface area (Å²) in [5.74, 6) is -0.155. The van der Waals surface area contributed by atoms with Gasteiger partial charge in [0.05, 0.1) is 5.75 Å². The molecule has 2 aliphatic rings. The summed E-state index contributed by atoms with van der Waals surface area (Å²) in [5, 5.41) is 3.93. The molecule has 0 atom stereocenters. The number of fused-ring (bicyclic) bond motifs is 3. The molecule has 156 valence electrons. The Kier molecular flexibility index (Phi) is 4.77. The zero-order valence-electron chi connectivity index (χ0n) is 16.8. The Labute approximate surface area is 176 Å². The third-order valence-electron chi connectivity index (χ3n) is 6.19. The van der Waals surface area contributed by atoms with Crippen LogP contribution >= 0.6 is 0 Å². The number of amides is 2. The lowest BCUT2D eigenvalue weighted by Gasteiger charge is -2.16. The molecule has 0 fully saturated rings. The number of sulfonamides is 1. The number of aromatic amines is 1. The summed E-state index contributed by atoms with van der Waals surface area (Å²) < 4.78 is 27.2. The maximum atomic E-state index is 12.6. The number of rotatable bonds is 5. The number of benzene rings is 2. The number of hydrogen-bond donors (Lipinski definition) is 3. The smallest absolute Gasteiger partial charge is 0.332 e. The quantitative estimate of drug-likeness (QED) is 0.582. The molecule has 2 amide bonds. The Morgan fingerprint density at radius 3 is 2.37 bits per heavy atom. The molecule has 0 unspecified atom stereocenters. The Morgan fingerprint density at radius 1 is 0.967 bits per heavy atom. The van der Waals surface area contributed by atoms with Crippen LogP contribution in [0.15, 0.2) is 36.4 Å². The summed E-state index contributed by atoms with van der Waals surface area (Å²) in [6.45, 7) is 0. The number of urea groups is 1. The van der Waals surface area contributed by atoms with Gasteiger partial charge in [0.2, 0.25) is 10.0 Å². The van der Waals surface area contributed by atoms with Crippen LogP contribution in [0.2, 0.25) is 0 Å². The van der Waals surface area contributed by atoms with Gasteiger partial charge in [-0.05, 0) is 78.3 Å². The Hall–Kier alpha value is -2.80. The molecule has 5 rings (SSSR count). The maximum Gasteiger partial charge on any atom is 0.332 e. The van der Waals surface area contributed by atoms with Gasteiger partial charge < -0.3 is 10.3 Å². The second-order valence-corrected chi connectivity index (χ2v) is 10.1. The van der Waals surface area contributed by atoms with Crippen LogP contribution in [0, 0.1) is 0 Å². The zero-order chi connectivity index (χ0) is 20.7. The fourth-order valence-electron chi connectivity index (χ4n) is 4.81. The average molecular weight is 424 g/mol. The van der Waals surface area contributed by atoms with Crippen LogP contribution in [-0.2, 0) is 42.1 Å². The summed E-state index contributed by atoms with van der Waals surface area (Å²) in [7, 11) is -3.75. The predicted molar refractivity (Wildman–Crippen MR) is 118 cm³/mol. The molecule has 0 saturated heterocycles. The van der Waals surface area contributed by atoms with Gasteiger partial charge in [-0.3, -0.25) is 0 Å². The van der Waals surface area contributed by atoms with Gasteiger partial charge in [0.25, 0.3) is 0 Å². The molecule has 30 heavy (non-hydrogen) atoms. The number of anilines is 1. The first-order valence-electron chi connectivity index (χ1n) is 10.5. The summed E-state index contributed by atoms with van der Waals surface area (Å²) in [6.07, 6.45) is 6.40. The van der Waals surface area contributed by atoms with E-state index in [-0.39, 0.29) is 5.75 Å². The molecule has 0 aliphatic heterocycles. The highest BCUT2D eigenvalue weighted by Gasteiger charge is 2.26. The van der Waals surface area contributed by atoms with Crippen molar-refractivity contribution >= 4 is 32.6 Å². The van der Waals surface area contributed by atoms with Crippen LogP contribution in [0.4, 0.5) is 10.5 Å². The largest absolute Gasteiger partial charge is 0.358 e. The molecular formula is C23H25N3O3S. The second-order valence-electron chi connectivity index (χ2n) is 8.24. The minimum absolute atomic E-state index is 0.155. The molecule has 3 N–H and O–H groups in total. The van der Waals surface area contributed by atoms with Crippen molar-refractivity contribution in [2.45, 2.75) is 44.9 Å².